The van der Waals surface area contributed by atoms with E-state index in [-0.39, 0.29) is 30.3 Å². The molecular formula is C21H22FN3O2. The molecule has 5 nitrogen and oxygen atoms in total. The van der Waals surface area contributed by atoms with Gasteiger partial charge in [0.1, 0.15) is 12.0 Å². The van der Waals surface area contributed by atoms with Crippen molar-refractivity contribution in [1.82, 2.24) is 10.2 Å². The molecule has 140 valence electrons. The lowest BCUT2D eigenvalue weighted by molar-refractivity contribution is 0.0589. The molecule has 2 aliphatic rings. The molecule has 0 aromatic heterocycles. The molecule has 0 bridgehead atoms. The molecule has 1 fully saturated rings. The zero-order chi connectivity index (χ0) is 19.0. The summed E-state index contributed by atoms with van der Waals surface area (Å²) in [5.74, 6) is -0.593. The highest BCUT2D eigenvalue weighted by atomic mass is 19.1. The number of amides is 2. The minimum atomic E-state index is -0.342. The van der Waals surface area contributed by atoms with E-state index in [1.54, 1.807) is 36.4 Å². The maximum atomic E-state index is 13.7. The van der Waals surface area contributed by atoms with Crippen LogP contribution in [0.2, 0.25) is 0 Å². The summed E-state index contributed by atoms with van der Waals surface area (Å²) in [6.45, 7) is 0.895. The van der Waals surface area contributed by atoms with Gasteiger partial charge in [-0.2, -0.15) is 0 Å². The fourth-order valence-corrected chi connectivity index (χ4v) is 3.93. The highest BCUT2D eigenvalue weighted by Crippen LogP contribution is 2.34. The zero-order valence-electron chi connectivity index (χ0n) is 15.2. The number of carbonyl (C=O) groups is 2. The van der Waals surface area contributed by atoms with Crippen LogP contribution in [0.5, 0.6) is 0 Å². The first-order valence-corrected chi connectivity index (χ1v) is 9.26. The summed E-state index contributed by atoms with van der Waals surface area (Å²) in [4.78, 5) is 29.3. The maximum absolute atomic E-state index is 13.7. The number of benzene rings is 2. The average molecular weight is 367 g/mol. The molecule has 6 heteroatoms. The largest absolute Gasteiger partial charge is 0.354 e. The van der Waals surface area contributed by atoms with Gasteiger partial charge >= 0.3 is 0 Å². The van der Waals surface area contributed by atoms with Crippen molar-refractivity contribution in [2.45, 2.75) is 32.0 Å². The number of fused-ring (bicyclic) bond motifs is 2. The fourth-order valence-electron chi connectivity index (χ4n) is 3.93. The van der Waals surface area contributed by atoms with E-state index in [1.807, 2.05) is 11.9 Å². The van der Waals surface area contributed by atoms with Crippen molar-refractivity contribution in [3.8, 4) is 0 Å². The maximum Gasteiger partial charge on any atom is 0.257 e. The van der Waals surface area contributed by atoms with Crippen LogP contribution in [0.25, 0.3) is 0 Å². The highest BCUT2D eigenvalue weighted by Gasteiger charge is 2.37. The second-order valence-electron chi connectivity index (χ2n) is 7.09. The van der Waals surface area contributed by atoms with Crippen molar-refractivity contribution in [3.63, 3.8) is 0 Å². The molecule has 2 heterocycles. The number of anilines is 1. The van der Waals surface area contributed by atoms with Gasteiger partial charge in [0.25, 0.3) is 11.8 Å². The van der Waals surface area contributed by atoms with E-state index in [4.69, 9.17) is 0 Å². The van der Waals surface area contributed by atoms with Crippen molar-refractivity contribution in [2.75, 3.05) is 18.5 Å². The predicted octanol–water partition coefficient (Wildman–Crippen LogP) is 3.16. The normalized spacial score (nSPS) is 18.7. The second-order valence-corrected chi connectivity index (χ2v) is 7.09. The van der Waals surface area contributed by atoms with Crippen molar-refractivity contribution in [2.24, 2.45) is 0 Å². The van der Waals surface area contributed by atoms with E-state index in [1.165, 1.54) is 6.07 Å². The Morgan fingerprint density at radius 3 is 2.85 bits per heavy atom. The van der Waals surface area contributed by atoms with Crippen LogP contribution in [0.1, 0.15) is 45.5 Å². The number of carbonyl (C=O) groups excluding carboxylic acids is 2. The van der Waals surface area contributed by atoms with Gasteiger partial charge in [-0.3, -0.25) is 9.59 Å². The Hall–Kier alpha value is -2.89. The Kier molecular flexibility index (Phi) is 4.56. The van der Waals surface area contributed by atoms with Gasteiger partial charge < -0.3 is 15.1 Å². The molecular weight excluding hydrogens is 345 g/mol. The molecule has 2 aromatic rings. The third-order valence-electron chi connectivity index (χ3n) is 5.45. The predicted molar refractivity (Wildman–Crippen MR) is 101 cm³/mol. The van der Waals surface area contributed by atoms with Crippen LogP contribution in [0.15, 0.2) is 42.5 Å². The first-order valence-electron chi connectivity index (χ1n) is 9.26. The first-order chi connectivity index (χ1) is 13.1. The van der Waals surface area contributed by atoms with Gasteiger partial charge in [0.15, 0.2) is 0 Å². The summed E-state index contributed by atoms with van der Waals surface area (Å²) < 4.78 is 13.7. The Morgan fingerprint density at radius 2 is 2.04 bits per heavy atom. The molecule has 4 rings (SSSR count). The zero-order valence-corrected chi connectivity index (χ0v) is 15.2. The van der Waals surface area contributed by atoms with Gasteiger partial charge in [0.05, 0.1) is 11.3 Å². The van der Waals surface area contributed by atoms with Gasteiger partial charge in [-0.15, -0.1) is 0 Å². The number of nitrogens with zero attached hydrogens (tertiary/aromatic N) is 2. The lowest BCUT2D eigenvalue weighted by Gasteiger charge is -2.46. The molecule has 1 atom stereocenters. The number of halogens is 1. The van der Waals surface area contributed by atoms with E-state index < -0.39 is 0 Å². The van der Waals surface area contributed by atoms with Crippen molar-refractivity contribution < 1.29 is 14.0 Å². The van der Waals surface area contributed by atoms with Crippen LogP contribution >= 0.6 is 0 Å². The summed E-state index contributed by atoms with van der Waals surface area (Å²) in [7, 11) is 1.97. The topological polar surface area (TPSA) is 52.7 Å². The van der Waals surface area contributed by atoms with Crippen LogP contribution in [0.4, 0.5) is 10.1 Å². The molecule has 1 saturated heterocycles. The number of nitrogens with one attached hydrogen (secondary N) is 1. The Balaban J connectivity index is 1.55. The van der Waals surface area contributed by atoms with Crippen LogP contribution in [0, 0.1) is 5.82 Å². The molecule has 0 aliphatic carbocycles. The molecule has 1 N–H and O–H groups in total. The SMILES string of the molecule is CN1c2cc(C(=O)NCc3ccccc3F)ccc2C(=O)N2CCCCC21. The fraction of sp³-hybridized carbons (Fsp3) is 0.333. The number of piperidine rings is 1. The smallest absolute Gasteiger partial charge is 0.257 e. The standard InChI is InChI=1S/C21H22FN3O2/c1-24-18-12-14(20(26)23-13-15-6-2-3-7-17(15)22)9-10-16(18)21(27)25-11-5-4-8-19(24)25/h2-3,6-7,9-10,12,19H,4-5,8,11,13H2,1H3,(H,23,26). The Bertz CT molecular complexity index is 899. The van der Waals surface area contributed by atoms with E-state index in [0.717, 1.165) is 31.5 Å². The van der Waals surface area contributed by atoms with Crippen molar-refractivity contribution in [1.29, 1.82) is 0 Å². The van der Waals surface area contributed by atoms with Crippen LogP contribution in [-0.4, -0.2) is 36.5 Å². The van der Waals surface area contributed by atoms with Gasteiger partial charge in [-0.05, 0) is 43.5 Å². The molecule has 0 saturated carbocycles. The Morgan fingerprint density at radius 1 is 1.22 bits per heavy atom. The van der Waals surface area contributed by atoms with Crippen LogP contribution in [0.3, 0.4) is 0 Å². The molecule has 2 aromatic carbocycles. The summed E-state index contributed by atoms with van der Waals surface area (Å²) in [6, 6.07) is 11.5. The minimum absolute atomic E-state index is 0.0334. The third kappa shape index (κ3) is 3.16. The number of rotatable bonds is 3. The quantitative estimate of drug-likeness (QED) is 0.907. The van der Waals surface area contributed by atoms with E-state index in [9.17, 15) is 14.0 Å². The average Bonchev–Trinajstić information content (AvgIpc) is 2.71. The monoisotopic (exact) mass is 367 g/mol. The summed E-state index contributed by atoms with van der Waals surface area (Å²) in [5.41, 5.74) is 2.31. The number of hydrogen-bond donors (Lipinski definition) is 1. The van der Waals surface area contributed by atoms with Gasteiger partial charge in [-0.25, -0.2) is 4.39 Å². The lowest BCUT2D eigenvalue weighted by atomic mass is 9.97. The van der Waals surface area contributed by atoms with Gasteiger partial charge in [-0.1, -0.05) is 18.2 Å². The molecule has 2 amide bonds. The molecule has 0 spiro atoms. The minimum Gasteiger partial charge on any atom is -0.354 e. The third-order valence-corrected chi connectivity index (χ3v) is 5.45. The molecule has 1 unspecified atom stereocenters. The van der Waals surface area contributed by atoms with Crippen LogP contribution in [-0.2, 0) is 6.54 Å². The van der Waals surface area contributed by atoms with Gasteiger partial charge in [0.2, 0.25) is 0 Å². The number of hydrogen-bond acceptors (Lipinski definition) is 3. The van der Waals surface area contributed by atoms with Crippen molar-refractivity contribution in [3.05, 3.63) is 65.0 Å². The Labute approximate surface area is 157 Å². The highest BCUT2D eigenvalue weighted by molar-refractivity contribution is 6.04. The molecule has 0 radical (unpaired) electrons. The van der Waals surface area contributed by atoms with E-state index in [2.05, 4.69) is 10.2 Å². The lowest BCUT2D eigenvalue weighted by Crippen LogP contribution is -2.55. The summed E-state index contributed by atoms with van der Waals surface area (Å²) >= 11 is 0. The summed E-state index contributed by atoms with van der Waals surface area (Å²) in [6.07, 6.45) is 3.11. The van der Waals surface area contributed by atoms with Gasteiger partial charge in [0, 0.05) is 31.3 Å². The summed E-state index contributed by atoms with van der Waals surface area (Å²) in [5, 5.41) is 2.75. The second kappa shape index (κ2) is 7.02. The van der Waals surface area contributed by atoms with E-state index >= 15 is 0 Å². The van der Waals surface area contributed by atoms with E-state index in [0.29, 0.717) is 16.7 Å². The molecule has 27 heavy (non-hydrogen) atoms. The van der Waals surface area contributed by atoms with Crippen LogP contribution < -0.4 is 10.2 Å². The first kappa shape index (κ1) is 17.5. The van der Waals surface area contributed by atoms with Crippen molar-refractivity contribution >= 4 is 17.5 Å². The molecule has 2 aliphatic heterocycles.